The Balaban J connectivity index is 1.79. The van der Waals surface area contributed by atoms with Crippen LogP contribution >= 0.6 is 11.3 Å². The Labute approximate surface area is 167 Å². The minimum Gasteiger partial charge on any atom is -0.340 e. The highest BCUT2D eigenvalue weighted by atomic mass is 32.1. The van der Waals surface area contributed by atoms with Crippen molar-refractivity contribution in [1.29, 1.82) is 0 Å². The maximum absolute atomic E-state index is 13.9. The number of thiazole rings is 1. The van der Waals surface area contributed by atoms with E-state index in [2.05, 4.69) is 15.6 Å². The van der Waals surface area contributed by atoms with Gasteiger partial charge in [-0.25, -0.2) is 9.37 Å². The van der Waals surface area contributed by atoms with E-state index in [-0.39, 0.29) is 17.4 Å². The van der Waals surface area contributed by atoms with Gasteiger partial charge in [-0.05, 0) is 49.1 Å². The van der Waals surface area contributed by atoms with Crippen LogP contribution in [-0.2, 0) is 4.79 Å². The zero-order chi connectivity index (χ0) is 20.4. The second kappa shape index (κ2) is 8.06. The number of halogens is 1. The summed E-state index contributed by atoms with van der Waals surface area (Å²) in [5.41, 5.74) is 2.93. The van der Waals surface area contributed by atoms with E-state index in [4.69, 9.17) is 0 Å². The predicted octanol–water partition coefficient (Wildman–Crippen LogP) is 4.45. The van der Waals surface area contributed by atoms with Crippen LogP contribution in [0.2, 0.25) is 0 Å². The number of amides is 2. The summed E-state index contributed by atoms with van der Waals surface area (Å²) < 4.78 is 14.8. The molecular weight excluding hydrogens is 377 g/mol. The molecule has 0 aliphatic carbocycles. The normalized spacial score (nSPS) is 12.2. The topological polar surface area (TPSA) is 71.1 Å². The van der Waals surface area contributed by atoms with E-state index in [0.29, 0.717) is 5.13 Å². The third-order valence-electron chi connectivity index (χ3n) is 4.41. The molecule has 0 saturated heterocycles. The third kappa shape index (κ3) is 4.20. The molecule has 0 radical (unpaired) electrons. The van der Waals surface area contributed by atoms with E-state index in [1.54, 1.807) is 6.07 Å². The summed E-state index contributed by atoms with van der Waals surface area (Å²) in [7, 11) is 0. The third-order valence-corrected chi connectivity index (χ3v) is 5.33. The number of aromatic nitrogens is 1. The molecule has 2 amide bonds. The summed E-state index contributed by atoms with van der Waals surface area (Å²) in [4.78, 5) is 29.7. The van der Waals surface area contributed by atoms with Gasteiger partial charge < -0.3 is 10.6 Å². The highest BCUT2D eigenvalue weighted by Crippen LogP contribution is 2.29. The number of aryl methyl sites for hydroxylation is 2. The minimum absolute atomic E-state index is 0.0907. The van der Waals surface area contributed by atoms with Gasteiger partial charge in [-0.1, -0.05) is 43.4 Å². The number of hydrogen-bond donors (Lipinski definition) is 2. The molecule has 146 valence electrons. The molecule has 0 aliphatic rings. The molecule has 2 N–H and O–H groups in total. The highest BCUT2D eigenvalue weighted by Gasteiger charge is 2.26. The van der Waals surface area contributed by atoms with Crippen LogP contribution in [0.3, 0.4) is 0 Å². The number of benzene rings is 2. The zero-order valence-electron chi connectivity index (χ0n) is 16.2. The van der Waals surface area contributed by atoms with Crippen LogP contribution in [0.4, 0.5) is 9.52 Å². The van der Waals surface area contributed by atoms with Crippen LogP contribution in [0.25, 0.3) is 10.2 Å². The van der Waals surface area contributed by atoms with Gasteiger partial charge in [0.15, 0.2) is 5.13 Å². The van der Waals surface area contributed by atoms with Gasteiger partial charge in [-0.2, -0.15) is 0 Å². The van der Waals surface area contributed by atoms with E-state index in [1.807, 2.05) is 39.8 Å². The number of nitrogens with zero attached hydrogens (tertiary/aromatic N) is 1. The Morgan fingerprint density at radius 1 is 1.14 bits per heavy atom. The molecule has 0 unspecified atom stereocenters. The Hall–Kier alpha value is -2.80. The molecule has 1 heterocycles. The SMILES string of the molecule is Cc1cc(C)c2nc(NC(=O)[C@H](NC(=O)c3ccccc3F)C(C)C)sc2c1. The van der Waals surface area contributed by atoms with Crippen molar-refractivity contribution in [2.45, 2.75) is 33.7 Å². The van der Waals surface area contributed by atoms with Gasteiger partial charge in [-0.3, -0.25) is 9.59 Å². The molecular formula is C21H22FN3O2S. The number of hydrogen-bond acceptors (Lipinski definition) is 4. The van der Waals surface area contributed by atoms with Gasteiger partial charge in [0.2, 0.25) is 5.91 Å². The maximum atomic E-state index is 13.9. The summed E-state index contributed by atoms with van der Waals surface area (Å²) >= 11 is 1.39. The minimum atomic E-state index is -0.818. The lowest BCUT2D eigenvalue weighted by molar-refractivity contribution is -0.118. The molecule has 2 aromatic carbocycles. The van der Waals surface area contributed by atoms with E-state index < -0.39 is 17.8 Å². The second-order valence-electron chi connectivity index (χ2n) is 7.11. The van der Waals surface area contributed by atoms with Crippen LogP contribution in [0.1, 0.15) is 35.3 Å². The van der Waals surface area contributed by atoms with Crippen LogP contribution < -0.4 is 10.6 Å². The van der Waals surface area contributed by atoms with E-state index in [0.717, 1.165) is 21.3 Å². The maximum Gasteiger partial charge on any atom is 0.254 e. The fraction of sp³-hybridized carbons (Fsp3) is 0.286. The fourth-order valence-electron chi connectivity index (χ4n) is 3.01. The Bertz CT molecular complexity index is 1050. The fourth-order valence-corrected chi connectivity index (χ4v) is 4.05. The molecule has 7 heteroatoms. The largest absolute Gasteiger partial charge is 0.340 e. The molecule has 0 bridgehead atoms. The average molecular weight is 399 g/mol. The molecule has 0 aliphatic heterocycles. The van der Waals surface area contributed by atoms with Crippen molar-refractivity contribution in [2.75, 3.05) is 5.32 Å². The highest BCUT2D eigenvalue weighted by molar-refractivity contribution is 7.22. The van der Waals surface area contributed by atoms with Gasteiger partial charge in [0.05, 0.1) is 15.8 Å². The smallest absolute Gasteiger partial charge is 0.254 e. The molecule has 0 saturated carbocycles. The van der Waals surface area contributed by atoms with Crippen LogP contribution in [0, 0.1) is 25.6 Å². The summed E-state index contributed by atoms with van der Waals surface area (Å²) in [5, 5.41) is 5.90. The number of anilines is 1. The first kappa shape index (κ1) is 19.9. The first-order valence-electron chi connectivity index (χ1n) is 9.00. The summed E-state index contributed by atoms with van der Waals surface area (Å²) in [6, 6.07) is 8.93. The van der Waals surface area contributed by atoms with Gasteiger partial charge in [0, 0.05) is 0 Å². The molecule has 1 aromatic heterocycles. The molecule has 3 rings (SSSR count). The lowest BCUT2D eigenvalue weighted by atomic mass is 10.0. The number of rotatable bonds is 5. The van der Waals surface area contributed by atoms with Crippen LogP contribution in [0.5, 0.6) is 0 Å². The quantitative estimate of drug-likeness (QED) is 0.666. The zero-order valence-corrected chi connectivity index (χ0v) is 17.0. The molecule has 3 aromatic rings. The molecule has 5 nitrogen and oxygen atoms in total. The van der Waals surface area contributed by atoms with E-state index in [1.165, 1.54) is 29.5 Å². The van der Waals surface area contributed by atoms with Gasteiger partial charge >= 0.3 is 0 Å². The summed E-state index contributed by atoms with van der Waals surface area (Å²) in [5.74, 6) is -1.81. The monoisotopic (exact) mass is 399 g/mol. The first-order chi connectivity index (χ1) is 13.3. The van der Waals surface area contributed by atoms with Crippen LogP contribution in [0.15, 0.2) is 36.4 Å². The number of fused-ring (bicyclic) bond motifs is 1. The molecule has 0 spiro atoms. The molecule has 0 fully saturated rings. The molecule has 1 atom stereocenters. The van der Waals surface area contributed by atoms with Crippen molar-refractivity contribution < 1.29 is 14.0 Å². The summed E-state index contributed by atoms with van der Waals surface area (Å²) in [6.45, 7) is 7.62. The predicted molar refractivity (Wildman–Crippen MR) is 110 cm³/mol. The lowest BCUT2D eigenvalue weighted by Crippen LogP contribution is -2.47. The Morgan fingerprint density at radius 3 is 2.54 bits per heavy atom. The lowest BCUT2D eigenvalue weighted by Gasteiger charge is -2.21. The number of nitrogens with one attached hydrogen (secondary N) is 2. The van der Waals surface area contributed by atoms with E-state index >= 15 is 0 Å². The standard InChI is InChI=1S/C21H22FN3O2S/c1-11(2)17(23-19(26)14-7-5-6-8-15(14)22)20(27)25-21-24-18-13(4)9-12(3)10-16(18)28-21/h5-11,17H,1-4H3,(H,23,26)(H,24,25,27)/t17-/m1/s1. The van der Waals surface area contributed by atoms with Crippen molar-refractivity contribution >= 4 is 38.5 Å². The Morgan fingerprint density at radius 2 is 1.86 bits per heavy atom. The van der Waals surface area contributed by atoms with Crippen molar-refractivity contribution in [2.24, 2.45) is 5.92 Å². The van der Waals surface area contributed by atoms with E-state index in [9.17, 15) is 14.0 Å². The van der Waals surface area contributed by atoms with Crippen molar-refractivity contribution in [3.8, 4) is 0 Å². The van der Waals surface area contributed by atoms with Crippen molar-refractivity contribution in [1.82, 2.24) is 10.3 Å². The van der Waals surface area contributed by atoms with Gasteiger partial charge in [-0.15, -0.1) is 0 Å². The molecule has 28 heavy (non-hydrogen) atoms. The number of carbonyl (C=O) groups is 2. The van der Waals surface area contributed by atoms with Gasteiger partial charge in [0.25, 0.3) is 5.91 Å². The second-order valence-corrected chi connectivity index (χ2v) is 8.14. The Kier molecular flexibility index (Phi) is 5.74. The first-order valence-corrected chi connectivity index (χ1v) is 9.82. The number of carbonyl (C=O) groups excluding carboxylic acids is 2. The average Bonchev–Trinajstić information content (AvgIpc) is 3.02. The van der Waals surface area contributed by atoms with Crippen molar-refractivity contribution in [3.63, 3.8) is 0 Å². The van der Waals surface area contributed by atoms with Gasteiger partial charge in [0.1, 0.15) is 11.9 Å². The summed E-state index contributed by atoms with van der Waals surface area (Å²) in [6.07, 6.45) is 0. The van der Waals surface area contributed by atoms with Crippen LogP contribution in [-0.4, -0.2) is 22.8 Å². The van der Waals surface area contributed by atoms with Crippen molar-refractivity contribution in [3.05, 3.63) is 58.9 Å².